The molecule has 0 bridgehead atoms. The van der Waals surface area contributed by atoms with Crippen molar-refractivity contribution in [2.75, 3.05) is 27.7 Å². The van der Waals surface area contributed by atoms with Crippen molar-refractivity contribution in [2.45, 2.75) is 32.7 Å². The lowest BCUT2D eigenvalue weighted by molar-refractivity contribution is -0.895. The Morgan fingerprint density at radius 3 is 2.23 bits per heavy atom. The number of nitrogens with one attached hydrogen (secondary N) is 1. The summed E-state index contributed by atoms with van der Waals surface area (Å²) in [5, 5.41) is 2.88. The summed E-state index contributed by atoms with van der Waals surface area (Å²) >= 11 is 0. The van der Waals surface area contributed by atoms with Crippen LogP contribution < -0.4 is 5.32 Å². The molecule has 0 rings (SSSR count). The molecule has 0 aromatic rings. The average molecular weight is 187 g/mol. The fraction of sp³-hybridized carbons (Fsp3) is 0.900. The molecule has 1 N–H and O–H groups in total. The molecule has 1 unspecified atom stereocenters. The minimum atomic E-state index is 0.0644. The van der Waals surface area contributed by atoms with Crippen LogP contribution in [0.2, 0.25) is 0 Å². The van der Waals surface area contributed by atoms with Crippen LogP contribution in [-0.2, 0) is 4.79 Å². The number of hydrogen-bond acceptors (Lipinski definition) is 1. The number of quaternary nitrogens is 1. The van der Waals surface area contributed by atoms with Gasteiger partial charge in [0.25, 0.3) is 0 Å². The van der Waals surface area contributed by atoms with Crippen molar-refractivity contribution >= 4 is 5.91 Å². The zero-order valence-electron chi connectivity index (χ0n) is 9.55. The van der Waals surface area contributed by atoms with E-state index in [0.717, 1.165) is 17.4 Å². The molecule has 3 nitrogen and oxygen atoms in total. The normalized spacial score (nSPS) is 13.9. The summed E-state index contributed by atoms with van der Waals surface area (Å²) in [7, 11) is 6.51. The zero-order chi connectivity index (χ0) is 10.5. The first-order chi connectivity index (χ1) is 5.88. The van der Waals surface area contributed by atoms with Crippen molar-refractivity contribution in [1.29, 1.82) is 0 Å². The van der Waals surface area contributed by atoms with Gasteiger partial charge in [-0.25, -0.2) is 0 Å². The van der Waals surface area contributed by atoms with Crippen molar-refractivity contribution in [3.05, 3.63) is 0 Å². The maximum Gasteiger partial charge on any atom is 0.217 e. The van der Waals surface area contributed by atoms with Gasteiger partial charge < -0.3 is 9.80 Å². The summed E-state index contributed by atoms with van der Waals surface area (Å²) in [5.74, 6) is 0.0644. The smallest absolute Gasteiger partial charge is 0.217 e. The first-order valence-electron chi connectivity index (χ1n) is 4.93. The summed E-state index contributed by atoms with van der Waals surface area (Å²) in [4.78, 5) is 10.8. The number of amides is 1. The molecule has 0 saturated carbocycles. The Kier molecular flexibility index (Phi) is 4.99. The minimum absolute atomic E-state index is 0.0644. The quantitative estimate of drug-likeness (QED) is 0.639. The van der Waals surface area contributed by atoms with E-state index in [1.165, 1.54) is 6.42 Å². The summed E-state index contributed by atoms with van der Waals surface area (Å²) in [6.07, 6.45) is 2.32. The summed E-state index contributed by atoms with van der Waals surface area (Å²) < 4.78 is 0.911. The molecule has 1 amide bonds. The van der Waals surface area contributed by atoms with Crippen LogP contribution in [0.1, 0.15) is 26.7 Å². The SMILES string of the molecule is CCCC(CNC(C)=O)[N+](C)(C)C. The average Bonchev–Trinajstić information content (AvgIpc) is 1.95. The van der Waals surface area contributed by atoms with Crippen molar-refractivity contribution in [3.8, 4) is 0 Å². The second kappa shape index (κ2) is 5.22. The Balaban J connectivity index is 4.02. The van der Waals surface area contributed by atoms with Crippen LogP contribution in [0.25, 0.3) is 0 Å². The third-order valence-electron chi connectivity index (χ3n) is 2.30. The first kappa shape index (κ1) is 12.4. The van der Waals surface area contributed by atoms with Crippen molar-refractivity contribution in [3.63, 3.8) is 0 Å². The van der Waals surface area contributed by atoms with Gasteiger partial charge in [-0.05, 0) is 0 Å². The lowest BCUT2D eigenvalue weighted by Gasteiger charge is -2.34. The van der Waals surface area contributed by atoms with E-state index >= 15 is 0 Å². The van der Waals surface area contributed by atoms with E-state index in [1.54, 1.807) is 6.92 Å². The van der Waals surface area contributed by atoms with Crippen LogP contribution in [0.3, 0.4) is 0 Å². The molecule has 0 fully saturated rings. The van der Waals surface area contributed by atoms with Crippen molar-refractivity contribution < 1.29 is 9.28 Å². The minimum Gasteiger partial charge on any atom is -0.350 e. The van der Waals surface area contributed by atoms with Crippen molar-refractivity contribution in [1.82, 2.24) is 5.32 Å². The molecule has 0 heterocycles. The third-order valence-corrected chi connectivity index (χ3v) is 2.30. The van der Waals surface area contributed by atoms with Gasteiger partial charge in [-0.1, -0.05) is 13.3 Å². The Hall–Kier alpha value is -0.570. The molecule has 0 aliphatic heterocycles. The maximum atomic E-state index is 10.8. The molecular formula is C10H23N2O+. The van der Waals surface area contributed by atoms with Crippen LogP contribution in [0.15, 0.2) is 0 Å². The predicted molar refractivity (Wildman–Crippen MR) is 55.4 cm³/mol. The lowest BCUT2D eigenvalue weighted by Crippen LogP contribution is -2.50. The number of carbonyl (C=O) groups excluding carboxylic acids is 1. The van der Waals surface area contributed by atoms with E-state index in [1.807, 2.05) is 0 Å². The van der Waals surface area contributed by atoms with Crippen LogP contribution in [-0.4, -0.2) is 44.1 Å². The standard InChI is InChI=1S/C10H22N2O/c1-6-7-10(12(3,4)5)8-11-9(2)13/h10H,6-8H2,1-5H3/p+1. The highest BCUT2D eigenvalue weighted by Crippen LogP contribution is 2.08. The Morgan fingerprint density at radius 1 is 1.38 bits per heavy atom. The topological polar surface area (TPSA) is 29.1 Å². The summed E-state index contributed by atoms with van der Waals surface area (Å²) in [5.41, 5.74) is 0. The molecule has 78 valence electrons. The largest absolute Gasteiger partial charge is 0.350 e. The fourth-order valence-corrected chi connectivity index (χ4v) is 1.36. The first-order valence-corrected chi connectivity index (χ1v) is 4.93. The number of likely N-dealkylation sites (N-methyl/N-ethyl adjacent to an activating group) is 1. The van der Waals surface area contributed by atoms with Gasteiger partial charge in [-0.2, -0.15) is 0 Å². The van der Waals surface area contributed by atoms with Gasteiger partial charge in [0.1, 0.15) is 6.04 Å². The van der Waals surface area contributed by atoms with E-state index < -0.39 is 0 Å². The molecule has 0 aliphatic carbocycles. The van der Waals surface area contributed by atoms with Gasteiger partial charge in [0, 0.05) is 13.3 Å². The van der Waals surface area contributed by atoms with Crippen LogP contribution in [0.4, 0.5) is 0 Å². The Morgan fingerprint density at radius 2 is 1.92 bits per heavy atom. The number of hydrogen-bond donors (Lipinski definition) is 1. The molecule has 0 radical (unpaired) electrons. The highest BCUT2D eigenvalue weighted by atomic mass is 16.1. The monoisotopic (exact) mass is 187 g/mol. The van der Waals surface area contributed by atoms with Crippen LogP contribution in [0, 0.1) is 0 Å². The van der Waals surface area contributed by atoms with Crippen LogP contribution >= 0.6 is 0 Å². The van der Waals surface area contributed by atoms with E-state index in [-0.39, 0.29) is 5.91 Å². The number of rotatable bonds is 5. The van der Waals surface area contributed by atoms with Gasteiger partial charge in [0.2, 0.25) is 5.91 Å². The highest BCUT2D eigenvalue weighted by molar-refractivity contribution is 5.72. The molecule has 0 aromatic heterocycles. The second-order valence-corrected chi connectivity index (χ2v) is 4.50. The molecule has 0 aliphatic rings. The Bertz CT molecular complexity index is 161. The summed E-state index contributed by atoms with van der Waals surface area (Å²) in [6, 6.07) is 0.522. The molecule has 0 spiro atoms. The fourth-order valence-electron chi connectivity index (χ4n) is 1.36. The highest BCUT2D eigenvalue weighted by Gasteiger charge is 2.22. The molecule has 0 saturated heterocycles. The predicted octanol–water partition coefficient (Wildman–Crippen LogP) is 0.997. The van der Waals surface area contributed by atoms with E-state index in [0.29, 0.717) is 6.04 Å². The molecule has 0 aromatic carbocycles. The third kappa shape index (κ3) is 5.64. The van der Waals surface area contributed by atoms with Gasteiger partial charge in [-0.15, -0.1) is 0 Å². The maximum absolute atomic E-state index is 10.8. The van der Waals surface area contributed by atoms with Gasteiger partial charge in [0.15, 0.2) is 0 Å². The van der Waals surface area contributed by atoms with Gasteiger partial charge >= 0.3 is 0 Å². The van der Waals surface area contributed by atoms with E-state index in [2.05, 4.69) is 33.4 Å². The number of carbonyl (C=O) groups is 1. The van der Waals surface area contributed by atoms with Crippen LogP contribution in [0.5, 0.6) is 0 Å². The molecule has 1 atom stereocenters. The summed E-state index contributed by atoms with van der Waals surface area (Å²) in [6.45, 7) is 4.53. The van der Waals surface area contributed by atoms with Crippen molar-refractivity contribution in [2.24, 2.45) is 0 Å². The molecule has 3 heteroatoms. The van der Waals surface area contributed by atoms with E-state index in [4.69, 9.17) is 0 Å². The zero-order valence-corrected chi connectivity index (χ0v) is 9.55. The Labute approximate surface area is 81.7 Å². The molecular weight excluding hydrogens is 164 g/mol. The molecule has 13 heavy (non-hydrogen) atoms. The number of nitrogens with zero attached hydrogens (tertiary/aromatic N) is 1. The van der Waals surface area contributed by atoms with E-state index in [9.17, 15) is 4.79 Å². The lowest BCUT2D eigenvalue weighted by atomic mass is 10.1. The van der Waals surface area contributed by atoms with Gasteiger partial charge in [-0.3, -0.25) is 4.79 Å². The second-order valence-electron chi connectivity index (χ2n) is 4.50. The van der Waals surface area contributed by atoms with Gasteiger partial charge in [0.05, 0.1) is 27.7 Å².